The highest BCUT2D eigenvalue weighted by Crippen LogP contribution is 2.22. The molecule has 0 saturated heterocycles. The molecular weight excluding hydrogens is 266 g/mol. The van der Waals surface area contributed by atoms with Gasteiger partial charge < -0.3 is 5.11 Å². The van der Waals surface area contributed by atoms with E-state index >= 15 is 0 Å². The second-order valence-electron chi connectivity index (χ2n) is 4.73. The summed E-state index contributed by atoms with van der Waals surface area (Å²) in [4.78, 5) is 25.5. The number of fused-ring (bicyclic) bond motifs is 1. The molecular formula is C17H13NO3. The van der Waals surface area contributed by atoms with Gasteiger partial charge in [0.15, 0.2) is 0 Å². The zero-order valence-corrected chi connectivity index (χ0v) is 11.2. The van der Waals surface area contributed by atoms with Crippen LogP contribution in [-0.4, -0.2) is 28.4 Å². The highest BCUT2D eigenvalue weighted by molar-refractivity contribution is 6.21. The lowest BCUT2D eigenvalue weighted by Gasteiger charge is -2.10. The van der Waals surface area contributed by atoms with Crippen LogP contribution >= 0.6 is 0 Å². The Morgan fingerprint density at radius 3 is 2.10 bits per heavy atom. The zero-order valence-electron chi connectivity index (χ0n) is 11.2. The third-order valence-corrected chi connectivity index (χ3v) is 3.40. The summed E-state index contributed by atoms with van der Waals surface area (Å²) in [6, 6.07) is 13.7. The number of benzene rings is 2. The molecule has 0 aliphatic carbocycles. The summed E-state index contributed by atoms with van der Waals surface area (Å²) >= 11 is 0. The minimum Gasteiger partial charge on any atom is -0.507 e. The standard InChI is InChI=1S/C17H13NO3/c19-15-10-4-1-6-12(15)7-5-11-18-16(20)13-8-2-3-9-14(13)17(18)21/h1-10,19H,11H2. The SMILES string of the molecule is O=C1c2ccccc2C(=O)N1CC=Cc1ccccc1O. The first-order chi connectivity index (χ1) is 10.2. The zero-order chi connectivity index (χ0) is 14.8. The van der Waals surface area contributed by atoms with Crippen LogP contribution in [0.5, 0.6) is 5.75 Å². The predicted octanol–water partition coefficient (Wildman–Crippen LogP) is 2.70. The van der Waals surface area contributed by atoms with Crippen molar-refractivity contribution in [2.24, 2.45) is 0 Å². The third kappa shape index (κ3) is 2.31. The molecule has 0 aromatic heterocycles. The van der Waals surface area contributed by atoms with E-state index in [2.05, 4.69) is 0 Å². The number of rotatable bonds is 3. The van der Waals surface area contributed by atoms with Gasteiger partial charge in [-0.25, -0.2) is 0 Å². The molecule has 0 spiro atoms. The van der Waals surface area contributed by atoms with Crippen LogP contribution in [0.25, 0.3) is 6.08 Å². The van der Waals surface area contributed by atoms with Crippen LogP contribution in [0.2, 0.25) is 0 Å². The molecule has 0 unspecified atom stereocenters. The fraction of sp³-hybridized carbons (Fsp3) is 0.0588. The van der Waals surface area contributed by atoms with Crippen LogP contribution in [0, 0.1) is 0 Å². The molecule has 2 aromatic carbocycles. The van der Waals surface area contributed by atoms with Crippen molar-refractivity contribution in [3.63, 3.8) is 0 Å². The third-order valence-electron chi connectivity index (χ3n) is 3.40. The molecule has 2 amide bonds. The van der Waals surface area contributed by atoms with Crippen LogP contribution in [0.15, 0.2) is 54.6 Å². The van der Waals surface area contributed by atoms with Crippen LogP contribution in [0.4, 0.5) is 0 Å². The van der Waals surface area contributed by atoms with Gasteiger partial charge >= 0.3 is 0 Å². The van der Waals surface area contributed by atoms with E-state index in [0.29, 0.717) is 16.7 Å². The number of phenols is 1. The number of carbonyl (C=O) groups is 2. The fourth-order valence-corrected chi connectivity index (χ4v) is 2.32. The van der Waals surface area contributed by atoms with Gasteiger partial charge in [0.05, 0.1) is 11.1 Å². The van der Waals surface area contributed by atoms with Crippen molar-refractivity contribution >= 4 is 17.9 Å². The van der Waals surface area contributed by atoms with E-state index in [1.165, 1.54) is 4.90 Å². The van der Waals surface area contributed by atoms with Crippen molar-refractivity contribution in [2.75, 3.05) is 6.54 Å². The number of carbonyl (C=O) groups excluding carboxylic acids is 2. The van der Waals surface area contributed by atoms with E-state index in [0.717, 1.165) is 0 Å². The molecule has 1 heterocycles. The lowest BCUT2D eigenvalue weighted by atomic mass is 10.1. The van der Waals surface area contributed by atoms with Gasteiger partial charge in [0, 0.05) is 12.1 Å². The lowest BCUT2D eigenvalue weighted by Crippen LogP contribution is -2.29. The van der Waals surface area contributed by atoms with E-state index < -0.39 is 0 Å². The second kappa shape index (κ2) is 5.25. The molecule has 2 aromatic rings. The Morgan fingerprint density at radius 2 is 1.48 bits per heavy atom. The Labute approximate surface area is 121 Å². The van der Waals surface area contributed by atoms with Gasteiger partial charge in [-0.3, -0.25) is 14.5 Å². The average molecular weight is 279 g/mol. The summed E-state index contributed by atoms with van der Waals surface area (Å²) in [5.74, 6) is -0.397. The number of amides is 2. The van der Waals surface area contributed by atoms with Crippen molar-refractivity contribution in [2.45, 2.75) is 0 Å². The maximum Gasteiger partial charge on any atom is 0.261 e. The van der Waals surface area contributed by atoms with Crippen molar-refractivity contribution in [3.8, 4) is 5.75 Å². The van der Waals surface area contributed by atoms with Crippen molar-refractivity contribution in [1.82, 2.24) is 4.90 Å². The van der Waals surface area contributed by atoms with Crippen molar-refractivity contribution in [1.29, 1.82) is 0 Å². The monoisotopic (exact) mass is 279 g/mol. The van der Waals surface area contributed by atoms with Crippen LogP contribution < -0.4 is 0 Å². The van der Waals surface area contributed by atoms with Gasteiger partial charge in [-0.15, -0.1) is 0 Å². The largest absolute Gasteiger partial charge is 0.507 e. The molecule has 21 heavy (non-hydrogen) atoms. The molecule has 0 bridgehead atoms. The first-order valence-corrected chi connectivity index (χ1v) is 6.58. The number of aromatic hydroxyl groups is 1. The minimum atomic E-state index is -0.280. The average Bonchev–Trinajstić information content (AvgIpc) is 2.74. The molecule has 0 atom stereocenters. The number of hydrogen-bond acceptors (Lipinski definition) is 3. The first kappa shape index (κ1) is 13.1. The van der Waals surface area contributed by atoms with Gasteiger partial charge in [-0.2, -0.15) is 0 Å². The van der Waals surface area contributed by atoms with Gasteiger partial charge in [0.1, 0.15) is 5.75 Å². The lowest BCUT2D eigenvalue weighted by molar-refractivity contribution is 0.0672. The smallest absolute Gasteiger partial charge is 0.261 e. The molecule has 1 N–H and O–H groups in total. The van der Waals surface area contributed by atoms with E-state index in [9.17, 15) is 14.7 Å². The number of phenolic OH excluding ortho intramolecular Hbond substituents is 1. The topological polar surface area (TPSA) is 57.6 Å². The van der Waals surface area contributed by atoms with Crippen molar-refractivity contribution < 1.29 is 14.7 Å². The summed E-state index contributed by atoms with van der Waals surface area (Å²) in [6.07, 6.45) is 3.38. The summed E-state index contributed by atoms with van der Waals surface area (Å²) in [6.45, 7) is 0.181. The highest BCUT2D eigenvalue weighted by Gasteiger charge is 2.33. The summed E-state index contributed by atoms with van der Waals surface area (Å²) in [7, 11) is 0. The predicted molar refractivity (Wildman–Crippen MR) is 78.9 cm³/mol. The number of imide groups is 1. The Hall–Kier alpha value is -2.88. The summed E-state index contributed by atoms with van der Waals surface area (Å²) in [5.41, 5.74) is 1.53. The minimum absolute atomic E-state index is 0.163. The molecule has 3 rings (SSSR count). The fourth-order valence-electron chi connectivity index (χ4n) is 2.32. The highest BCUT2D eigenvalue weighted by atomic mass is 16.3. The molecule has 0 fully saturated rings. The number of hydrogen-bond donors (Lipinski definition) is 1. The van der Waals surface area contributed by atoms with Crippen LogP contribution in [0.3, 0.4) is 0 Å². The Morgan fingerprint density at radius 1 is 0.905 bits per heavy atom. The normalized spacial score (nSPS) is 14.0. The van der Waals surface area contributed by atoms with Gasteiger partial charge in [0.2, 0.25) is 0 Å². The van der Waals surface area contributed by atoms with Crippen LogP contribution in [0.1, 0.15) is 26.3 Å². The van der Waals surface area contributed by atoms with Crippen molar-refractivity contribution in [3.05, 3.63) is 71.3 Å². The van der Waals surface area contributed by atoms with E-state index in [-0.39, 0.29) is 24.1 Å². The molecule has 104 valence electrons. The molecule has 0 saturated carbocycles. The Kier molecular flexibility index (Phi) is 3.28. The van der Waals surface area contributed by atoms with E-state index in [4.69, 9.17) is 0 Å². The van der Waals surface area contributed by atoms with Gasteiger partial charge in [0.25, 0.3) is 11.8 Å². The van der Waals surface area contributed by atoms with Gasteiger partial charge in [-0.1, -0.05) is 42.5 Å². The van der Waals surface area contributed by atoms with Crippen LogP contribution in [-0.2, 0) is 0 Å². The molecule has 4 nitrogen and oxygen atoms in total. The molecule has 0 radical (unpaired) electrons. The molecule has 1 aliphatic heterocycles. The van der Waals surface area contributed by atoms with Gasteiger partial charge in [-0.05, 0) is 18.2 Å². The molecule has 4 heteroatoms. The maximum absolute atomic E-state index is 12.1. The molecule has 1 aliphatic rings. The first-order valence-electron chi connectivity index (χ1n) is 6.58. The van der Waals surface area contributed by atoms with E-state index in [1.807, 2.05) is 0 Å². The Bertz CT molecular complexity index is 714. The van der Waals surface area contributed by atoms with E-state index in [1.54, 1.807) is 60.7 Å². The Balaban J connectivity index is 1.77. The maximum atomic E-state index is 12.1. The summed E-state index contributed by atoms with van der Waals surface area (Å²) in [5, 5.41) is 9.65. The number of nitrogens with zero attached hydrogens (tertiary/aromatic N) is 1. The second-order valence-corrected chi connectivity index (χ2v) is 4.73. The number of para-hydroxylation sites is 1. The summed E-state index contributed by atoms with van der Waals surface area (Å²) < 4.78 is 0. The quantitative estimate of drug-likeness (QED) is 0.879.